The molecule has 7 heteroatoms. The molecule has 0 bridgehead atoms. The first-order valence-electron chi connectivity index (χ1n) is 6.87. The molecule has 1 atom stereocenters. The van der Waals surface area contributed by atoms with Gasteiger partial charge in [0.1, 0.15) is 10.7 Å². The third-order valence-corrected chi connectivity index (χ3v) is 4.82. The molecule has 1 aliphatic heterocycles. The van der Waals surface area contributed by atoms with Gasteiger partial charge >= 0.3 is 0 Å². The van der Waals surface area contributed by atoms with Gasteiger partial charge in [0.05, 0.1) is 6.10 Å². The summed E-state index contributed by atoms with van der Waals surface area (Å²) in [5, 5.41) is 2.79. The van der Waals surface area contributed by atoms with Crippen molar-refractivity contribution in [3.8, 4) is 0 Å². The van der Waals surface area contributed by atoms with Crippen LogP contribution in [0.4, 0.5) is 5.82 Å². The van der Waals surface area contributed by atoms with Crippen LogP contribution in [0.2, 0.25) is 0 Å². The molecular formula is C13H21N3O3S. The highest BCUT2D eigenvalue weighted by molar-refractivity contribution is 7.89. The van der Waals surface area contributed by atoms with Gasteiger partial charge in [-0.05, 0) is 37.8 Å². The largest absolute Gasteiger partial charge is 0.378 e. The van der Waals surface area contributed by atoms with E-state index < -0.39 is 10.0 Å². The van der Waals surface area contributed by atoms with Gasteiger partial charge in [0.2, 0.25) is 10.0 Å². The third kappa shape index (κ3) is 3.91. The van der Waals surface area contributed by atoms with Crippen LogP contribution in [-0.2, 0) is 14.8 Å². The second-order valence-electron chi connectivity index (χ2n) is 4.78. The first kappa shape index (κ1) is 15.2. The standard InChI is InChI=1S/C13H21N3O3S/c1-14-13-12(6-4-8-15-13)20(17,18)16-9-7-11-5-2-3-10-19-11/h4,6,8,11,16H,2-3,5,7,9-10H2,1H3,(H,14,15). The minimum Gasteiger partial charge on any atom is -0.378 e. The van der Waals surface area contributed by atoms with Crippen molar-refractivity contribution in [2.75, 3.05) is 25.5 Å². The molecule has 2 heterocycles. The highest BCUT2D eigenvalue weighted by Crippen LogP contribution is 2.18. The van der Waals surface area contributed by atoms with E-state index in [0.29, 0.717) is 18.8 Å². The van der Waals surface area contributed by atoms with Crippen molar-refractivity contribution in [2.24, 2.45) is 0 Å². The molecule has 112 valence electrons. The molecule has 1 unspecified atom stereocenters. The van der Waals surface area contributed by atoms with E-state index in [0.717, 1.165) is 25.9 Å². The molecule has 1 fully saturated rings. The molecule has 6 nitrogen and oxygen atoms in total. The molecule has 0 aliphatic carbocycles. The number of sulfonamides is 1. The fourth-order valence-electron chi connectivity index (χ4n) is 2.26. The molecule has 0 saturated carbocycles. The van der Waals surface area contributed by atoms with E-state index in [1.807, 2.05) is 0 Å². The maximum atomic E-state index is 12.2. The Hall–Kier alpha value is -1.18. The van der Waals surface area contributed by atoms with Gasteiger partial charge in [-0.25, -0.2) is 18.1 Å². The summed E-state index contributed by atoms with van der Waals surface area (Å²) >= 11 is 0. The van der Waals surface area contributed by atoms with Crippen molar-refractivity contribution in [2.45, 2.75) is 36.7 Å². The van der Waals surface area contributed by atoms with E-state index in [-0.39, 0.29) is 11.0 Å². The molecule has 20 heavy (non-hydrogen) atoms. The van der Waals surface area contributed by atoms with Crippen LogP contribution in [0.5, 0.6) is 0 Å². The van der Waals surface area contributed by atoms with Crippen LogP contribution in [0.25, 0.3) is 0 Å². The minimum atomic E-state index is -3.53. The van der Waals surface area contributed by atoms with Gasteiger partial charge in [0, 0.05) is 26.4 Å². The number of aromatic nitrogens is 1. The lowest BCUT2D eigenvalue weighted by Gasteiger charge is -2.22. The lowest BCUT2D eigenvalue weighted by molar-refractivity contribution is 0.0123. The summed E-state index contributed by atoms with van der Waals surface area (Å²) < 4.78 is 32.6. The van der Waals surface area contributed by atoms with Gasteiger partial charge in [-0.3, -0.25) is 0 Å². The van der Waals surface area contributed by atoms with Gasteiger partial charge in [-0.15, -0.1) is 0 Å². The Morgan fingerprint density at radius 1 is 1.45 bits per heavy atom. The van der Waals surface area contributed by atoms with Crippen molar-refractivity contribution in [3.63, 3.8) is 0 Å². The van der Waals surface area contributed by atoms with Crippen molar-refractivity contribution in [3.05, 3.63) is 18.3 Å². The Morgan fingerprint density at radius 2 is 2.30 bits per heavy atom. The van der Waals surface area contributed by atoms with Gasteiger partial charge < -0.3 is 10.1 Å². The maximum absolute atomic E-state index is 12.2. The van der Waals surface area contributed by atoms with Gasteiger partial charge in [0.25, 0.3) is 0 Å². The monoisotopic (exact) mass is 299 g/mol. The molecule has 1 aromatic rings. The highest BCUT2D eigenvalue weighted by atomic mass is 32.2. The lowest BCUT2D eigenvalue weighted by Crippen LogP contribution is -2.30. The molecule has 1 aliphatic rings. The number of nitrogens with one attached hydrogen (secondary N) is 2. The van der Waals surface area contributed by atoms with Crippen molar-refractivity contribution in [1.29, 1.82) is 0 Å². The Bertz CT molecular complexity index is 527. The summed E-state index contributed by atoms with van der Waals surface area (Å²) in [6.07, 6.45) is 5.70. The number of hydrogen-bond acceptors (Lipinski definition) is 5. The minimum absolute atomic E-state index is 0.170. The van der Waals surface area contributed by atoms with E-state index in [1.54, 1.807) is 19.3 Å². The van der Waals surface area contributed by atoms with Crippen LogP contribution in [0.3, 0.4) is 0 Å². The molecule has 1 aromatic heterocycles. The summed E-state index contributed by atoms with van der Waals surface area (Å²) in [7, 11) is -1.88. The van der Waals surface area contributed by atoms with E-state index in [4.69, 9.17) is 4.74 Å². The summed E-state index contributed by atoms with van der Waals surface area (Å²) in [4.78, 5) is 4.18. The Kier molecular flexibility index (Phi) is 5.33. The van der Waals surface area contributed by atoms with Crippen molar-refractivity contribution < 1.29 is 13.2 Å². The van der Waals surface area contributed by atoms with E-state index in [2.05, 4.69) is 15.0 Å². The smallest absolute Gasteiger partial charge is 0.244 e. The number of rotatable bonds is 6. The number of ether oxygens (including phenoxy) is 1. The fraction of sp³-hybridized carbons (Fsp3) is 0.615. The normalized spacial score (nSPS) is 19.8. The van der Waals surface area contributed by atoms with E-state index in [1.165, 1.54) is 6.07 Å². The Balaban J connectivity index is 1.93. The van der Waals surface area contributed by atoms with Gasteiger partial charge in [0.15, 0.2) is 0 Å². The SMILES string of the molecule is CNc1ncccc1S(=O)(=O)NCCC1CCCCO1. The molecule has 1 saturated heterocycles. The fourth-order valence-corrected chi connectivity index (χ4v) is 3.47. The molecule has 2 N–H and O–H groups in total. The Labute approximate surface area is 120 Å². The van der Waals surface area contributed by atoms with E-state index >= 15 is 0 Å². The van der Waals surface area contributed by atoms with Gasteiger partial charge in [-0.1, -0.05) is 0 Å². The van der Waals surface area contributed by atoms with Crippen molar-refractivity contribution in [1.82, 2.24) is 9.71 Å². The lowest BCUT2D eigenvalue weighted by atomic mass is 10.1. The maximum Gasteiger partial charge on any atom is 0.244 e. The first-order chi connectivity index (χ1) is 9.63. The van der Waals surface area contributed by atoms with Crippen LogP contribution in [0, 0.1) is 0 Å². The van der Waals surface area contributed by atoms with Crippen LogP contribution in [-0.4, -0.2) is 39.7 Å². The summed E-state index contributed by atoms with van der Waals surface area (Å²) in [6, 6.07) is 3.15. The zero-order chi connectivity index (χ0) is 14.4. The molecule has 0 aromatic carbocycles. The molecule has 0 radical (unpaired) electrons. The second-order valence-corrected chi connectivity index (χ2v) is 6.51. The molecule has 0 spiro atoms. The van der Waals surface area contributed by atoms with Gasteiger partial charge in [-0.2, -0.15) is 0 Å². The first-order valence-corrected chi connectivity index (χ1v) is 8.36. The van der Waals surface area contributed by atoms with Crippen LogP contribution < -0.4 is 10.0 Å². The number of pyridine rings is 1. The average Bonchev–Trinajstić information content (AvgIpc) is 2.48. The molecular weight excluding hydrogens is 278 g/mol. The highest BCUT2D eigenvalue weighted by Gasteiger charge is 2.20. The number of nitrogens with zero attached hydrogens (tertiary/aromatic N) is 1. The molecule has 0 amide bonds. The summed E-state index contributed by atoms with van der Waals surface area (Å²) in [5.74, 6) is 0.355. The predicted molar refractivity (Wildman–Crippen MR) is 77.2 cm³/mol. The number of hydrogen-bond donors (Lipinski definition) is 2. The number of anilines is 1. The predicted octanol–water partition coefficient (Wildman–Crippen LogP) is 1.36. The van der Waals surface area contributed by atoms with Crippen LogP contribution in [0.1, 0.15) is 25.7 Å². The average molecular weight is 299 g/mol. The molecule has 2 rings (SSSR count). The third-order valence-electron chi connectivity index (χ3n) is 3.33. The topological polar surface area (TPSA) is 80.3 Å². The second kappa shape index (κ2) is 7.01. The zero-order valence-corrected chi connectivity index (χ0v) is 12.4. The summed E-state index contributed by atoms with van der Waals surface area (Å²) in [5.41, 5.74) is 0. The van der Waals surface area contributed by atoms with Crippen LogP contribution >= 0.6 is 0 Å². The van der Waals surface area contributed by atoms with E-state index in [9.17, 15) is 8.42 Å². The van der Waals surface area contributed by atoms with Crippen molar-refractivity contribution >= 4 is 15.8 Å². The summed E-state index contributed by atoms with van der Waals surface area (Å²) in [6.45, 7) is 1.16. The quantitative estimate of drug-likeness (QED) is 0.829. The zero-order valence-electron chi connectivity index (χ0n) is 11.6. The van der Waals surface area contributed by atoms with Crippen LogP contribution in [0.15, 0.2) is 23.2 Å². The Morgan fingerprint density at radius 3 is 3.00 bits per heavy atom.